The van der Waals surface area contributed by atoms with Crippen LogP contribution in [0, 0.1) is 0 Å². The number of nitrogens with zero attached hydrogens (tertiary/aromatic N) is 1. The molecule has 0 aliphatic carbocycles. The predicted molar refractivity (Wildman–Crippen MR) is 79.3 cm³/mol. The highest BCUT2D eigenvalue weighted by Crippen LogP contribution is 2.27. The van der Waals surface area contributed by atoms with Gasteiger partial charge in [-0.3, -0.25) is 4.79 Å². The lowest BCUT2D eigenvalue weighted by Gasteiger charge is -2.24. The average Bonchev–Trinajstić information content (AvgIpc) is 2.39. The Morgan fingerprint density at radius 1 is 1.22 bits per heavy atom. The monoisotopic (exact) mass is 285 g/mol. The van der Waals surface area contributed by atoms with Gasteiger partial charge in [-0.05, 0) is 44.5 Å². The number of hydrogen-bond acceptors (Lipinski definition) is 2. The minimum absolute atomic E-state index is 0.00826. The van der Waals surface area contributed by atoms with Crippen LogP contribution in [-0.2, 0) is 4.79 Å². The van der Waals surface area contributed by atoms with Crippen LogP contribution in [0.2, 0.25) is 5.02 Å². The highest BCUT2D eigenvalue weighted by molar-refractivity contribution is 8.00. The Balaban J connectivity index is 2.72. The van der Waals surface area contributed by atoms with E-state index in [4.69, 9.17) is 11.6 Å². The van der Waals surface area contributed by atoms with E-state index in [2.05, 4.69) is 6.92 Å². The molecule has 0 heterocycles. The van der Waals surface area contributed by atoms with E-state index in [0.717, 1.165) is 29.4 Å². The van der Waals surface area contributed by atoms with Crippen molar-refractivity contribution in [2.45, 2.75) is 37.3 Å². The van der Waals surface area contributed by atoms with E-state index in [0.29, 0.717) is 0 Å². The molecule has 0 aromatic heterocycles. The molecule has 0 aliphatic rings. The van der Waals surface area contributed by atoms with E-state index in [1.807, 2.05) is 43.0 Å². The van der Waals surface area contributed by atoms with Gasteiger partial charge in [0.15, 0.2) is 0 Å². The third-order valence-electron chi connectivity index (χ3n) is 2.81. The van der Waals surface area contributed by atoms with Crippen molar-refractivity contribution in [3.8, 4) is 0 Å². The van der Waals surface area contributed by atoms with Crippen LogP contribution in [-0.4, -0.2) is 29.1 Å². The average molecular weight is 286 g/mol. The van der Waals surface area contributed by atoms with Crippen molar-refractivity contribution in [2.75, 3.05) is 13.1 Å². The fourth-order valence-electron chi connectivity index (χ4n) is 1.72. The van der Waals surface area contributed by atoms with Gasteiger partial charge in [-0.25, -0.2) is 0 Å². The number of rotatable bonds is 6. The van der Waals surface area contributed by atoms with Crippen molar-refractivity contribution in [1.82, 2.24) is 4.90 Å². The maximum Gasteiger partial charge on any atom is 0.236 e. The van der Waals surface area contributed by atoms with E-state index in [9.17, 15) is 4.79 Å². The molecule has 0 aliphatic heterocycles. The lowest BCUT2D eigenvalue weighted by Crippen LogP contribution is -2.37. The molecular formula is C14H20ClNOS. The smallest absolute Gasteiger partial charge is 0.236 e. The molecule has 0 saturated carbocycles. The molecule has 0 bridgehead atoms. The second-order valence-electron chi connectivity index (χ2n) is 3.98. The SMILES string of the molecule is CC[C@H](Sc1ccc(Cl)cc1)C(=O)N(CC)CC. The summed E-state index contributed by atoms with van der Waals surface area (Å²) >= 11 is 7.47. The van der Waals surface area contributed by atoms with Gasteiger partial charge in [0.25, 0.3) is 0 Å². The third kappa shape index (κ3) is 4.21. The fourth-order valence-corrected chi connectivity index (χ4v) is 2.89. The normalized spacial score (nSPS) is 12.2. The highest BCUT2D eigenvalue weighted by atomic mass is 35.5. The molecule has 0 saturated heterocycles. The Labute approximate surface area is 119 Å². The quantitative estimate of drug-likeness (QED) is 0.734. The lowest BCUT2D eigenvalue weighted by atomic mass is 10.3. The summed E-state index contributed by atoms with van der Waals surface area (Å²) in [4.78, 5) is 15.3. The summed E-state index contributed by atoms with van der Waals surface area (Å²) in [6.45, 7) is 7.62. The lowest BCUT2D eigenvalue weighted by molar-refractivity contribution is -0.130. The minimum Gasteiger partial charge on any atom is -0.342 e. The minimum atomic E-state index is -0.00826. The molecule has 0 fully saturated rings. The Bertz CT molecular complexity index is 376. The molecule has 1 rings (SSSR count). The summed E-state index contributed by atoms with van der Waals surface area (Å²) in [5, 5.41) is 0.716. The zero-order valence-corrected chi connectivity index (χ0v) is 12.7. The van der Waals surface area contributed by atoms with Crippen LogP contribution in [0.3, 0.4) is 0 Å². The van der Waals surface area contributed by atoms with Gasteiger partial charge in [0.1, 0.15) is 0 Å². The molecule has 18 heavy (non-hydrogen) atoms. The Morgan fingerprint density at radius 3 is 2.22 bits per heavy atom. The second kappa shape index (κ2) is 7.70. The maximum absolute atomic E-state index is 12.3. The van der Waals surface area contributed by atoms with Gasteiger partial charge in [0.05, 0.1) is 5.25 Å². The van der Waals surface area contributed by atoms with Crippen molar-refractivity contribution < 1.29 is 4.79 Å². The van der Waals surface area contributed by atoms with Crippen LogP contribution >= 0.6 is 23.4 Å². The molecule has 0 N–H and O–H groups in total. The molecule has 0 radical (unpaired) electrons. The standard InChI is InChI=1S/C14H20ClNOS/c1-4-13(14(17)16(5-2)6-3)18-12-9-7-11(15)8-10-12/h7-10,13H,4-6H2,1-3H3/t13-/m0/s1. The van der Waals surface area contributed by atoms with Crippen LogP contribution in [0.4, 0.5) is 0 Å². The molecule has 4 heteroatoms. The molecule has 1 aromatic carbocycles. The van der Waals surface area contributed by atoms with Gasteiger partial charge in [0.2, 0.25) is 5.91 Å². The summed E-state index contributed by atoms with van der Waals surface area (Å²) in [6.07, 6.45) is 0.836. The summed E-state index contributed by atoms with van der Waals surface area (Å²) in [5.74, 6) is 0.224. The molecule has 1 atom stereocenters. The zero-order chi connectivity index (χ0) is 13.5. The van der Waals surface area contributed by atoms with Crippen molar-refractivity contribution in [2.24, 2.45) is 0 Å². The number of benzene rings is 1. The maximum atomic E-state index is 12.3. The summed E-state index contributed by atoms with van der Waals surface area (Å²) in [7, 11) is 0. The summed E-state index contributed by atoms with van der Waals surface area (Å²) < 4.78 is 0. The number of hydrogen-bond donors (Lipinski definition) is 0. The van der Waals surface area contributed by atoms with Crippen molar-refractivity contribution in [1.29, 1.82) is 0 Å². The third-order valence-corrected chi connectivity index (χ3v) is 4.43. The predicted octanol–water partition coefficient (Wildman–Crippen LogP) is 4.08. The summed E-state index contributed by atoms with van der Waals surface area (Å²) in [6, 6.07) is 7.65. The Morgan fingerprint density at radius 2 is 1.78 bits per heavy atom. The van der Waals surface area contributed by atoms with Gasteiger partial charge in [0, 0.05) is 23.0 Å². The second-order valence-corrected chi connectivity index (χ2v) is 5.69. The number of halogens is 1. The molecule has 1 aromatic rings. The Kier molecular flexibility index (Phi) is 6.58. The van der Waals surface area contributed by atoms with Crippen LogP contribution < -0.4 is 0 Å². The van der Waals surface area contributed by atoms with Gasteiger partial charge in [-0.1, -0.05) is 18.5 Å². The van der Waals surface area contributed by atoms with E-state index in [1.165, 1.54) is 0 Å². The van der Waals surface area contributed by atoms with Gasteiger partial charge in [-0.2, -0.15) is 0 Å². The van der Waals surface area contributed by atoms with Crippen molar-refractivity contribution in [3.05, 3.63) is 29.3 Å². The van der Waals surface area contributed by atoms with Crippen molar-refractivity contribution in [3.63, 3.8) is 0 Å². The molecule has 2 nitrogen and oxygen atoms in total. The zero-order valence-electron chi connectivity index (χ0n) is 11.1. The largest absolute Gasteiger partial charge is 0.342 e. The van der Waals surface area contributed by atoms with E-state index >= 15 is 0 Å². The summed E-state index contributed by atoms with van der Waals surface area (Å²) in [5.41, 5.74) is 0. The number of carbonyl (C=O) groups is 1. The number of amides is 1. The van der Waals surface area contributed by atoms with Gasteiger partial charge < -0.3 is 4.90 Å². The van der Waals surface area contributed by atoms with Crippen molar-refractivity contribution >= 4 is 29.3 Å². The van der Waals surface area contributed by atoms with Crippen LogP contribution in [0.15, 0.2) is 29.2 Å². The molecule has 0 unspecified atom stereocenters. The first-order chi connectivity index (χ1) is 8.62. The highest BCUT2D eigenvalue weighted by Gasteiger charge is 2.21. The fraction of sp³-hybridized carbons (Fsp3) is 0.500. The molecular weight excluding hydrogens is 266 g/mol. The first-order valence-corrected chi connectivity index (χ1v) is 7.59. The van der Waals surface area contributed by atoms with Gasteiger partial charge in [-0.15, -0.1) is 11.8 Å². The molecule has 1 amide bonds. The van der Waals surface area contributed by atoms with Crippen LogP contribution in [0.5, 0.6) is 0 Å². The van der Waals surface area contributed by atoms with E-state index in [-0.39, 0.29) is 11.2 Å². The van der Waals surface area contributed by atoms with E-state index in [1.54, 1.807) is 11.8 Å². The molecule has 0 spiro atoms. The first kappa shape index (κ1) is 15.4. The first-order valence-electron chi connectivity index (χ1n) is 6.33. The van der Waals surface area contributed by atoms with Gasteiger partial charge >= 0.3 is 0 Å². The van der Waals surface area contributed by atoms with Crippen LogP contribution in [0.1, 0.15) is 27.2 Å². The number of carbonyl (C=O) groups excluding carboxylic acids is 1. The van der Waals surface area contributed by atoms with E-state index < -0.39 is 0 Å². The van der Waals surface area contributed by atoms with Crippen LogP contribution in [0.25, 0.3) is 0 Å². The topological polar surface area (TPSA) is 20.3 Å². The molecule has 100 valence electrons. The Hall–Kier alpha value is -0.670. The number of thioether (sulfide) groups is 1.